The predicted molar refractivity (Wildman–Crippen MR) is 98.2 cm³/mol. The molecule has 0 unspecified atom stereocenters. The second-order valence-corrected chi connectivity index (χ2v) is 9.70. The molecule has 26 heavy (non-hydrogen) atoms. The second-order valence-electron chi connectivity index (χ2n) is 9.70. The standard InChI is InChI=1S/C22H30O4/c1-12-9-15-16-6-8-22(26,13(2)23)21(16,4)11-18(25)19(15)20(3)7-5-14(24)10-17(12)20/h5,7,10,12,15-16,18-19,25-26H,6,8-9,11H2,1-4H3/t12-,15-,16+,18+,19-,20-,21+,22-/m0/s1. The van der Waals surface area contributed by atoms with Crippen LogP contribution in [0.5, 0.6) is 0 Å². The summed E-state index contributed by atoms with van der Waals surface area (Å²) in [6, 6.07) is 0. The molecule has 4 heteroatoms. The lowest BCUT2D eigenvalue weighted by atomic mass is 9.45. The number of carbonyl (C=O) groups is 2. The van der Waals surface area contributed by atoms with Gasteiger partial charge in [-0.1, -0.05) is 32.4 Å². The van der Waals surface area contributed by atoms with Crippen molar-refractivity contribution < 1.29 is 19.8 Å². The number of aliphatic hydroxyl groups excluding tert-OH is 1. The SMILES string of the molecule is CC(=O)[C@@]1(O)CC[C@@H]2[C@@H]3C[C@H](C)C4=CC(=O)C=C[C@]4(C)[C@@H]3[C@H](O)C[C@]21C. The minimum Gasteiger partial charge on any atom is -0.393 e. The van der Waals surface area contributed by atoms with Crippen LogP contribution in [0.25, 0.3) is 0 Å². The first kappa shape index (κ1) is 18.1. The second kappa shape index (κ2) is 5.39. The van der Waals surface area contributed by atoms with Crippen LogP contribution < -0.4 is 0 Å². The number of carbonyl (C=O) groups excluding carboxylic acids is 2. The number of rotatable bonds is 1. The van der Waals surface area contributed by atoms with E-state index in [4.69, 9.17) is 0 Å². The molecule has 2 N–H and O–H groups in total. The van der Waals surface area contributed by atoms with E-state index in [1.54, 1.807) is 12.2 Å². The monoisotopic (exact) mass is 358 g/mol. The fourth-order valence-corrected chi connectivity index (χ4v) is 7.33. The van der Waals surface area contributed by atoms with Crippen LogP contribution in [0.2, 0.25) is 0 Å². The first-order chi connectivity index (χ1) is 12.0. The van der Waals surface area contributed by atoms with Gasteiger partial charge in [0, 0.05) is 16.7 Å². The Labute approximate surface area is 155 Å². The Hall–Kier alpha value is -1.26. The average molecular weight is 358 g/mol. The quantitative estimate of drug-likeness (QED) is 0.756. The molecule has 3 fully saturated rings. The molecule has 0 aromatic heterocycles. The molecule has 0 heterocycles. The maximum atomic E-state index is 12.3. The molecule has 0 spiro atoms. The van der Waals surface area contributed by atoms with Gasteiger partial charge in [0.2, 0.25) is 0 Å². The van der Waals surface area contributed by atoms with Crippen LogP contribution in [0.1, 0.15) is 53.4 Å². The molecular weight excluding hydrogens is 328 g/mol. The van der Waals surface area contributed by atoms with Crippen molar-refractivity contribution in [1.29, 1.82) is 0 Å². The van der Waals surface area contributed by atoms with E-state index in [0.29, 0.717) is 12.8 Å². The number of hydrogen-bond acceptors (Lipinski definition) is 4. The Bertz CT molecular complexity index is 736. The van der Waals surface area contributed by atoms with Gasteiger partial charge in [-0.3, -0.25) is 9.59 Å². The average Bonchev–Trinajstić information content (AvgIpc) is 2.81. The van der Waals surface area contributed by atoms with Crippen LogP contribution in [-0.4, -0.2) is 33.5 Å². The largest absolute Gasteiger partial charge is 0.393 e. The summed E-state index contributed by atoms with van der Waals surface area (Å²) in [7, 11) is 0. The van der Waals surface area contributed by atoms with E-state index in [0.717, 1.165) is 18.4 Å². The van der Waals surface area contributed by atoms with E-state index in [9.17, 15) is 19.8 Å². The van der Waals surface area contributed by atoms with E-state index in [2.05, 4.69) is 13.8 Å². The van der Waals surface area contributed by atoms with Crippen molar-refractivity contribution in [3.63, 3.8) is 0 Å². The number of fused-ring (bicyclic) bond motifs is 5. The molecule has 0 saturated heterocycles. The molecule has 4 aliphatic carbocycles. The van der Waals surface area contributed by atoms with Crippen molar-refractivity contribution in [2.75, 3.05) is 0 Å². The zero-order chi connectivity index (χ0) is 19.1. The third-order valence-corrected chi connectivity index (χ3v) is 8.55. The van der Waals surface area contributed by atoms with Gasteiger partial charge in [-0.05, 0) is 62.5 Å². The summed E-state index contributed by atoms with van der Waals surface area (Å²) in [4.78, 5) is 24.2. The molecule has 8 atom stereocenters. The minimum atomic E-state index is -1.33. The van der Waals surface area contributed by atoms with Crippen LogP contribution in [-0.2, 0) is 9.59 Å². The smallest absolute Gasteiger partial charge is 0.178 e. The van der Waals surface area contributed by atoms with E-state index >= 15 is 0 Å². The van der Waals surface area contributed by atoms with E-state index in [1.807, 2.05) is 13.0 Å². The molecule has 4 rings (SSSR count). The van der Waals surface area contributed by atoms with Gasteiger partial charge in [-0.25, -0.2) is 0 Å². The van der Waals surface area contributed by atoms with Gasteiger partial charge in [0.05, 0.1) is 6.10 Å². The summed E-state index contributed by atoms with van der Waals surface area (Å²) >= 11 is 0. The molecule has 3 saturated carbocycles. The summed E-state index contributed by atoms with van der Waals surface area (Å²) in [6.07, 6.45) is 7.46. The summed E-state index contributed by atoms with van der Waals surface area (Å²) in [6.45, 7) is 7.79. The van der Waals surface area contributed by atoms with Crippen molar-refractivity contribution >= 4 is 11.6 Å². The topological polar surface area (TPSA) is 74.6 Å². The number of ketones is 2. The Balaban J connectivity index is 1.80. The first-order valence-electron chi connectivity index (χ1n) is 9.91. The van der Waals surface area contributed by atoms with Crippen molar-refractivity contribution in [2.24, 2.45) is 34.5 Å². The molecule has 0 amide bonds. The van der Waals surface area contributed by atoms with E-state index < -0.39 is 17.1 Å². The third kappa shape index (κ3) is 2.03. The summed E-state index contributed by atoms with van der Waals surface area (Å²) < 4.78 is 0. The molecule has 0 aromatic carbocycles. The summed E-state index contributed by atoms with van der Waals surface area (Å²) in [5.41, 5.74) is -1.10. The Morgan fingerprint density at radius 2 is 2.00 bits per heavy atom. The number of allylic oxidation sites excluding steroid dienone is 4. The first-order valence-corrected chi connectivity index (χ1v) is 9.91. The zero-order valence-electron chi connectivity index (χ0n) is 16.2. The minimum absolute atomic E-state index is 0.0293. The van der Waals surface area contributed by atoms with Gasteiger partial charge in [-0.2, -0.15) is 0 Å². The highest BCUT2D eigenvalue weighted by Gasteiger charge is 2.68. The number of aliphatic hydroxyl groups is 2. The number of Topliss-reactive ketones (excluding diaryl/α,β-unsaturated/α-hetero) is 1. The molecular formula is C22H30O4. The van der Waals surface area contributed by atoms with Crippen LogP contribution in [0.3, 0.4) is 0 Å². The third-order valence-electron chi connectivity index (χ3n) is 8.55. The lowest BCUT2D eigenvalue weighted by Crippen LogP contribution is -2.61. The van der Waals surface area contributed by atoms with Crippen LogP contribution in [0.15, 0.2) is 23.8 Å². The van der Waals surface area contributed by atoms with Crippen molar-refractivity contribution in [3.8, 4) is 0 Å². The summed E-state index contributed by atoms with van der Waals surface area (Å²) in [5.74, 6) is 0.609. The molecule has 4 nitrogen and oxygen atoms in total. The van der Waals surface area contributed by atoms with Gasteiger partial charge < -0.3 is 10.2 Å². The maximum Gasteiger partial charge on any atom is 0.178 e. The molecule has 0 radical (unpaired) electrons. The van der Waals surface area contributed by atoms with Gasteiger partial charge in [0.15, 0.2) is 11.6 Å². The molecule has 0 aromatic rings. The molecule has 0 bridgehead atoms. The normalized spacial score (nSPS) is 52.8. The highest BCUT2D eigenvalue weighted by molar-refractivity contribution is 6.01. The van der Waals surface area contributed by atoms with Crippen molar-refractivity contribution in [2.45, 2.75) is 65.1 Å². The Morgan fingerprint density at radius 1 is 1.31 bits per heavy atom. The van der Waals surface area contributed by atoms with E-state index in [1.165, 1.54) is 6.92 Å². The molecule has 0 aliphatic heterocycles. The van der Waals surface area contributed by atoms with Crippen molar-refractivity contribution in [3.05, 3.63) is 23.8 Å². The number of hydrogen-bond donors (Lipinski definition) is 2. The Morgan fingerprint density at radius 3 is 2.65 bits per heavy atom. The lowest BCUT2D eigenvalue weighted by Gasteiger charge is -2.60. The Kier molecular flexibility index (Phi) is 3.75. The lowest BCUT2D eigenvalue weighted by molar-refractivity contribution is -0.176. The predicted octanol–water partition coefficient (Wildman–Crippen LogP) is 2.83. The molecule has 4 aliphatic rings. The van der Waals surface area contributed by atoms with Crippen molar-refractivity contribution in [1.82, 2.24) is 0 Å². The highest BCUT2D eigenvalue weighted by atomic mass is 16.3. The van der Waals surface area contributed by atoms with E-state index in [-0.39, 0.29) is 40.7 Å². The maximum absolute atomic E-state index is 12.3. The van der Waals surface area contributed by atoms with Crippen LogP contribution in [0, 0.1) is 34.5 Å². The fraction of sp³-hybridized carbons (Fsp3) is 0.727. The highest BCUT2D eigenvalue weighted by Crippen LogP contribution is 2.67. The zero-order valence-corrected chi connectivity index (χ0v) is 16.2. The van der Waals surface area contributed by atoms with Gasteiger partial charge in [-0.15, -0.1) is 0 Å². The van der Waals surface area contributed by atoms with Gasteiger partial charge in [0.25, 0.3) is 0 Å². The van der Waals surface area contributed by atoms with Gasteiger partial charge >= 0.3 is 0 Å². The van der Waals surface area contributed by atoms with Gasteiger partial charge in [0.1, 0.15) is 5.60 Å². The molecule has 142 valence electrons. The fourth-order valence-electron chi connectivity index (χ4n) is 7.33. The summed E-state index contributed by atoms with van der Waals surface area (Å²) in [5, 5.41) is 22.4. The van der Waals surface area contributed by atoms with Crippen LogP contribution in [0.4, 0.5) is 0 Å². The van der Waals surface area contributed by atoms with Crippen LogP contribution >= 0.6 is 0 Å².